The van der Waals surface area contributed by atoms with Gasteiger partial charge in [-0.3, -0.25) is 0 Å². The molecule has 0 amide bonds. The first kappa shape index (κ1) is 37.8. The fraction of sp³-hybridized carbons (Fsp3) is 0.167. The summed E-state index contributed by atoms with van der Waals surface area (Å²) in [5, 5.41) is 4.37. The van der Waals surface area contributed by atoms with Gasteiger partial charge < -0.3 is 0 Å². The number of hydrogen-bond donors (Lipinski definition) is 0. The number of fused-ring (bicyclic) bond motifs is 2. The Bertz CT molecular complexity index is 1680. The molecule has 2 radical (unpaired) electrons. The van der Waals surface area contributed by atoms with E-state index in [0.29, 0.717) is 0 Å². The van der Waals surface area contributed by atoms with Crippen molar-refractivity contribution in [3.63, 3.8) is 0 Å². The quantitative estimate of drug-likeness (QED) is 0.0935. The zero-order valence-electron chi connectivity index (χ0n) is 25.4. The summed E-state index contributed by atoms with van der Waals surface area (Å²) >= 11 is -0.826. The predicted molar refractivity (Wildman–Crippen MR) is 179 cm³/mol. The molecule has 0 aliphatic rings. The van der Waals surface area contributed by atoms with Crippen molar-refractivity contribution in [2.24, 2.45) is 0 Å². The average molecular weight is 767 g/mol. The van der Waals surface area contributed by atoms with Crippen LogP contribution in [0.3, 0.4) is 0 Å². The van der Waals surface area contributed by atoms with Crippen molar-refractivity contribution in [1.82, 2.24) is 0 Å². The van der Waals surface area contributed by atoms with Crippen LogP contribution in [0.5, 0.6) is 0 Å². The van der Waals surface area contributed by atoms with Gasteiger partial charge in [0.25, 0.3) is 0 Å². The van der Waals surface area contributed by atoms with Gasteiger partial charge in [0.2, 0.25) is 0 Å². The second-order valence-electron chi connectivity index (χ2n) is 10.4. The summed E-state index contributed by atoms with van der Waals surface area (Å²) in [6, 6.07) is 30.6. The zero-order chi connectivity index (χ0) is 34.1. The molecule has 0 N–H and O–H groups in total. The van der Waals surface area contributed by atoms with Crippen LogP contribution in [0.2, 0.25) is 13.1 Å². The second kappa shape index (κ2) is 17.0. The second-order valence-corrected chi connectivity index (χ2v) is 15.1. The standard InChI is InChI=1S/2C17H12F3.C2H6Si.2ClH.Zr/c2*1-11-9-13-3-2-4-15(16(13)10-11)12-5-7-14(8-6-12)17(18,19)20;1-3-2;;;/h2*2-10H,1H3;1-2H3;2*1H;/q2*-1;;;;+4/p-2. The molecule has 6 aromatic carbocycles. The molecule has 0 atom stereocenters. The number of aryl methyl sites for hydroxylation is 2. The van der Waals surface area contributed by atoms with E-state index < -0.39 is 44.3 Å². The van der Waals surface area contributed by atoms with Crippen molar-refractivity contribution >= 4 is 48.1 Å². The van der Waals surface area contributed by atoms with E-state index >= 15 is 0 Å². The van der Waals surface area contributed by atoms with Gasteiger partial charge in [-0.15, -0.1) is 69.1 Å². The molecule has 46 heavy (non-hydrogen) atoms. The molecule has 10 heteroatoms. The van der Waals surface area contributed by atoms with Crippen LogP contribution in [0.1, 0.15) is 22.3 Å². The number of halogens is 8. The third-order valence-corrected chi connectivity index (χ3v) is 6.84. The topological polar surface area (TPSA) is 0 Å². The Hall–Kier alpha value is -2.64. The summed E-state index contributed by atoms with van der Waals surface area (Å²) in [5.41, 5.74) is 4.59. The number of hydrogen-bond acceptors (Lipinski definition) is 0. The maximum absolute atomic E-state index is 12.6. The van der Waals surface area contributed by atoms with Crippen LogP contribution in [-0.4, -0.2) is 9.52 Å². The van der Waals surface area contributed by atoms with E-state index in [1.54, 1.807) is 0 Å². The van der Waals surface area contributed by atoms with E-state index in [0.717, 1.165) is 88.7 Å². The maximum atomic E-state index is 12.6. The Kier molecular flexibility index (Phi) is 13.9. The molecule has 0 saturated heterocycles. The van der Waals surface area contributed by atoms with E-state index in [9.17, 15) is 26.3 Å². The SMILES string of the molecule is C[Si]C.Cc1cc2c(-c3ccc(C(F)(F)F)cc3)cccc2[cH-]1.Cc1cc2c(-c3ccc(C(F)(F)F)cc3)cccc2[cH-]1.[Cl][Zr+2][Cl]. The Morgan fingerprint density at radius 1 is 0.565 bits per heavy atom. The van der Waals surface area contributed by atoms with Crippen LogP contribution in [-0.2, 0) is 33.2 Å². The van der Waals surface area contributed by atoms with Crippen molar-refractivity contribution in [3.8, 4) is 22.3 Å². The Morgan fingerprint density at radius 2 is 0.870 bits per heavy atom. The van der Waals surface area contributed by atoms with Gasteiger partial charge in [0.15, 0.2) is 0 Å². The monoisotopic (exact) mass is 764 g/mol. The first-order valence-electron chi connectivity index (χ1n) is 14.0. The first-order valence-corrected chi connectivity index (χ1v) is 22.3. The van der Waals surface area contributed by atoms with E-state index in [1.807, 2.05) is 50.2 Å². The molecule has 6 aromatic rings. The Labute approximate surface area is 286 Å². The molecule has 0 fully saturated rings. The van der Waals surface area contributed by atoms with Gasteiger partial charge in [-0.25, -0.2) is 0 Å². The molecule has 0 saturated carbocycles. The molecule has 0 unspecified atom stereocenters. The third kappa shape index (κ3) is 10.2. The van der Waals surface area contributed by atoms with Gasteiger partial charge in [0, 0.05) is 9.52 Å². The predicted octanol–water partition coefficient (Wildman–Crippen LogP) is 13.3. The normalized spacial score (nSPS) is 11.0. The molecule has 6 rings (SSSR count). The van der Waals surface area contributed by atoms with Gasteiger partial charge in [-0.2, -0.15) is 38.5 Å². The molecule has 0 aliphatic carbocycles. The minimum atomic E-state index is -4.29. The molecule has 0 aromatic heterocycles. The summed E-state index contributed by atoms with van der Waals surface area (Å²) < 4.78 is 75.5. The number of rotatable bonds is 2. The van der Waals surface area contributed by atoms with E-state index in [2.05, 4.69) is 37.4 Å². The van der Waals surface area contributed by atoms with Crippen LogP contribution in [0.25, 0.3) is 43.8 Å². The number of alkyl halides is 6. The van der Waals surface area contributed by atoms with Crippen molar-refractivity contribution in [2.45, 2.75) is 39.3 Å². The van der Waals surface area contributed by atoms with E-state index in [4.69, 9.17) is 17.0 Å². The molecule has 0 heterocycles. The van der Waals surface area contributed by atoms with Gasteiger partial charge in [-0.05, 0) is 35.4 Å². The van der Waals surface area contributed by atoms with Gasteiger partial charge in [0.05, 0.1) is 11.1 Å². The summed E-state index contributed by atoms with van der Waals surface area (Å²) in [6.07, 6.45) is -8.58. The van der Waals surface area contributed by atoms with Crippen LogP contribution < -0.4 is 0 Å². The summed E-state index contributed by atoms with van der Waals surface area (Å²) in [6.45, 7) is 8.33. The van der Waals surface area contributed by atoms with Crippen LogP contribution in [0.15, 0.2) is 109 Å². The van der Waals surface area contributed by atoms with Crippen molar-refractivity contribution in [1.29, 1.82) is 0 Å². The number of benzene rings is 4. The molecule has 0 aliphatic heterocycles. The Morgan fingerprint density at radius 3 is 1.15 bits per heavy atom. The summed E-state index contributed by atoms with van der Waals surface area (Å²) in [7, 11) is 11.0. The van der Waals surface area contributed by atoms with Crippen LogP contribution in [0, 0.1) is 13.8 Å². The fourth-order valence-corrected chi connectivity index (χ4v) is 4.95. The van der Waals surface area contributed by atoms with Gasteiger partial charge in [0.1, 0.15) is 0 Å². The van der Waals surface area contributed by atoms with Gasteiger partial charge in [-0.1, -0.05) is 74.5 Å². The fourth-order valence-electron chi connectivity index (χ4n) is 4.95. The van der Waals surface area contributed by atoms with Crippen LogP contribution in [0.4, 0.5) is 26.3 Å². The molecule has 238 valence electrons. The summed E-state index contributed by atoms with van der Waals surface area (Å²) in [4.78, 5) is 0. The van der Waals surface area contributed by atoms with Crippen molar-refractivity contribution in [3.05, 3.63) is 131 Å². The van der Waals surface area contributed by atoms with E-state index in [-0.39, 0.29) is 0 Å². The molecule has 0 bridgehead atoms. The average Bonchev–Trinajstić information content (AvgIpc) is 3.58. The third-order valence-electron chi connectivity index (χ3n) is 6.84. The van der Waals surface area contributed by atoms with Crippen molar-refractivity contribution < 1.29 is 47.2 Å². The molecular weight excluding hydrogens is 737 g/mol. The molecule has 0 spiro atoms. The minimum absolute atomic E-state index is 0.618. The van der Waals surface area contributed by atoms with Crippen LogP contribution >= 0.6 is 17.0 Å². The Balaban J connectivity index is 0.000000214. The first-order chi connectivity index (χ1) is 21.7. The van der Waals surface area contributed by atoms with Crippen molar-refractivity contribution in [2.75, 3.05) is 0 Å². The molecule has 0 nitrogen and oxygen atoms in total. The van der Waals surface area contributed by atoms with Gasteiger partial charge >= 0.3 is 50.2 Å². The van der Waals surface area contributed by atoms with E-state index in [1.165, 1.54) is 24.3 Å². The summed E-state index contributed by atoms with van der Waals surface area (Å²) in [5.74, 6) is 0. The molecular formula is C36H30Cl2F6SiZr. The zero-order valence-corrected chi connectivity index (χ0v) is 30.4.